The molecule has 7 heteroatoms. The zero-order chi connectivity index (χ0) is 14.9. The highest BCUT2D eigenvalue weighted by molar-refractivity contribution is 5.71. The second kappa shape index (κ2) is 5.83. The van der Waals surface area contributed by atoms with E-state index < -0.39 is 0 Å². The molecule has 7 nitrogen and oxygen atoms in total. The molecule has 2 saturated heterocycles. The third-order valence-corrected chi connectivity index (χ3v) is 4.57. The minimum atomic E-state index is 0.00602. The smallest absolute Gasteiger partial charge is 0.236 e. The van der Waals surface area contributed by atoms with E-state index in [4.69, 9.17) is 4.74 Å². The predicted octanol–water partition coefficient (Wildman–Crippen LogP) is 0.554. The Balaban J connectivity index is 1.77. The molecule has 2 fully saturated rings. The van der Waals surface area contributed by atoms with Crippen molar-refractivity contribution in [2.45, 2.75) is 19.1 Å². The lowest BCUT2D eigenvalue weighted by Gasteiger charge is -2.35. The van der Waals surface area contributed by atoms with Crippen LogP contribution in [0, 0.1) is 5.21 Å². The number of hydrogen-bond acceptors (Lipinski definition) is 5. The van der Waals surface area contributed by atoms with Gasteiger partial charge in [0.2, 0.25) is 17.3 Å². The lowest BCUT2D eigenvalue weighted by molar-refractivity contribution is -0.647. The Morgan fingerprint density at radius 2 is 1.73 bits per heavy atom. The van der Waals surface area contributed by atoms with E-state index in [1.807, 2.05) is 28.9 Å². The van der Waals surface area contributed by atoms with Crippen molar-refractivity contribution in [3.05, 3.63) is 29.5 Å². The number of nitrogens with zero attached hydrogens (tertiary/aromatic N) is 5. The van der Waals surface area contributed by atoms with Crippen LogP contribution < -0.4 is 4.85 Å². The van der Waals surface area contributed by atoms with E-state index in [1.54, 1.807) is 0 Å². The second-order valence-electron chi connectivity index (χ2n) is 5.93. The molecule has 1 aromatic heterocycles. The van der Waals surface area contributed by atoms with Crippen LogP contribution in [0.15, 0.2) is 24.3 Å². The quantitative estimate of drug-likeness (QED) is 0.612. The van der Waals surface area contributed by atoms with Gasteiger partial charge in [0, 0.05) is 26.2 Å². The summed E-state index contributed by atoms with van der Waals surface area (Å²) in [7, 11) is 0. The Kier molecular flexibility index (Phi) is 3.69. The number of morpholine rings is 1. The van der Waals surface area contributed by atoms with Crippen LogP contribution in [0.2, 0.25) is 0 Å². The molecule has 0 amide bonds. The number of ether oxygens (including phenoxy) is 1. The molecule has 2 aliphatic rings. The molecule has 2 aliphatic heterocycles. The molecule has 4 rings (SSSR count). The number of hydrogen-bond donors (Lipinski definition) is 0. The number of fused-ring (bicyclic) bond motifs is 1. The molecule has 0 bridgehead atoms. The van der Waals surface area contributed by atoms with Crippen molar-refractivity contribution in [2.24, 2.45) is 0 Å². The molecular weight excluding hydrogens is 282 g/mol. The summed E-state index contributed by atoms with van der Waals surface area (Å²) in [5, 5.41) is 16.4. The molecule has 1 atom stereocenters. The highest BCUT2D eigenvalue weighted by Crippen LogP contribution is 2.26. The van der Waals surface area contributed by atoms with Gasteiger partial charge in [0.25, 0.3) is 0 Å². The molecule has 1 aromatic carbocycles. The van der Waals surface area contributed by atoms with E-state index in [0.717, 1.165) is 49.8 Å². The molecule has 22 heavy (non-hydrogen) atoms. The van der Waals surface area contributed by atoms with E-state index in [-0.39, 0.29) is 6.29 Å². The van der Waals surface area contributed by atoms with Gasteiger partial charge >= 0.3 is 0 Å². The van der Waals surface area contributed by atoms with Gasteiger partial charge in [0.15, 0.2) is 0 Å². The van der Waals surface area contributed by atoms with Crippen molar-refractivity contribution in [2.75, 3.05) is 39.4 Å². The molecule has 0 saturated carbocycles. The predicted molar refractivity (Wildman–Crippen MR) is 80.9 cm³/mol. The normalized spacial score (nSPS) is 22.4. The van der Waals surface area contributed by atoms with Crippen molar-refractivity contribution < 1.29 is 9.58 Å². The van der Waals surface area contributed by atoms with Crippen molar-refractivity contribution in [1.29, 1.82) is 0 Å². The SMILES string of the molecule is [O-][n+]1nn(C(N2CCCC2)N2CCOCC2)c2ccccc21. The fraction of sp³-hybridized carbons (Fsp3) is 0.600. The highest BCUT2D eigenvalue weighted by atomic mass is 16.5. The van der Waals surface area contributed by atoms with E-state index in [2.05, 4.69) is 15.0 Å². The third kappa shape index (κ3) is 2.35. The van der Waals surface area contributed by atoms with Crippen molar-refractivity contribution in [3.8, 4) is 0 Å². The molecule has 3 heterocycles. The Labute approximate surface area is 129 Å². The van der Waals surface area contributed by atoms with Crippen LogP contribution in [-0.2, 0) is 4.74 Å². The van der Waals surface area contributed by atoms with Crippen LogP contribution in [-0.4, -0.2) is 59.1 Å². The highest BCUT2D eigenvalue weighted by Gasteiger charge is 2.36. The molecule has 0 spiro atoms. The summed E-state index contributed by atoms with van der Waals surface area (Å²) in [5.41, 5.74) is 1.51. The first-order valence-corrected chi connectivity index (χ1v) is 7.97. The summed E-state index contributed by atoms with van der Waals surface area (Å²) in [6.07, 6.45) is 2.42. The van der Waals surface area contributed by atoms with Crippen LogP contribution in [0.1, 0.15) is 19.1 Å². The maximum atomic E-state index is 12.1. The Hall–Kier alpha value is -1.70. The minimum absolute atomic E-state index is 0.00602. The molecule has 0 N–H and O–H groups in total. The van der Waals surface area contributed by atoms with E-state index in [9.17, 15) is 5.21 Å². The monoisotopic (exact) mass is 303 g/mol. The maximum Gasteiger partial charge on any atom is 0.236 e. The van der Waals surface area contributed by atoms with Gasteiger partial charge in [0.05, 0.1) is 18.4 Å². The summed E-state index contributed by atoms with van der Waals surface area (Å²) in [6.45, 7) is 5.31. The van der Waals surface area contributed by atoms with Gasteiger partial charge < -0.3 is 9.94 Å². The summed E-state index contributed by atoms with van der Waals surface area (Å²) in [4.78, 5) is 5.53. The largest absolute Gasteiger partial charge is 0.691 e. The lowest BCUT2D eigenvalue weighted by atomic mass is 10.3. The Morgan fingerprint density at radius 3 is 2.50 bits per heavy atom. The molecule has 1 unspecified atom stereocenters. The molecule has 0 aliphatic carbocycles. The second-order valence-corrected chi connectivity index (χ2v) is 5.93. The number of para-hydroxylation sites is 2. The molecular formula is C15H21N5O2. The van der Waals surface area contributed by atoms with Crippen LogP contribution in [0.3, 0.4) is 0 Å². The zero-order valence-corrected chi connectivity index (χ0v) is 12.6. The first-order valence-electron chi connectivity index (χ1n) is 7.97. The Morgan fingerprint density at radius 1 is 1.05 bits per heavy atom. The summed E-state index contributed by atoms with van der Waals surface area (Å²) in [6, 6.07) is 7.63. The van der Waals surface area contributed by atoms with Gasteiger partial charge in [-0.1, -0.05) is 16.8 Å². The average molecular weight is 303 g/mol. The Bertz CT molecular complexity index is 646. The summed E-state index contributed by atoms with van der Waals surface area (Å²) >= 11 is 0. The van der Waals surface area contributed by atoms with Crippen molar-refractivity contribution in [1.82, 2.24) is 19.7 Å². The molecule has 2 aromatic rings. The third-order valence-electron chi connectivity index (χ3n) is 4.57. The number of rotatable bonds is 3. The summed E-state index contributed by atoms with van der Waals surface area (Å²) in [5.74, 6) is 0. The van der Waals surface area contributed by atoms with Crippen LogP contribution in [0.25, 0.3) is 11.0 Å². The molecule has 0 radical (unpaired) electrons. The first kappa shape index (κ1) is 13.9. The minimum Gasteiger partial charge on any atom is -0.691 e. The fourth-order valence-corrected chi connectivity index (χ4v) is 3.50. The topological polar surface area (TPSA) is 60.5 Å². The average Bonchev–Trinajstić information content (AvgIpc) is 3.19. The van der Waals surface area contributed by atoms with Crippen LogP contribution >= 0.6 is 0 Å². The van der Waals surface area contributed by atoms with Crippen molar-refractivity contribution >= 4 is 11.0 Å². The van der Waals surface area contributed by atoms with Gasteiger partial charge in [-0.15, -0.1) is 4.85 Å². The number of benzene rings is 1. The number of aromatic nitrogens is 3. The van der Waals surface area contributed by atoms with Crippen molar-refractivity contribution in [3.63, 3.8) is 0 Å². The molecule has 118 valence electrons. The van der Waals surface area contributed by atoms with Gasteiger partial charge in [-0.2, -0.15) is 0 Å². The first-order chi connectivity index (χ1) is 10.8. The van der Waals surface area contributed by atoms with E-state index >= 15 is 0 Å². The van der Waals surface area contributed by atoms with Crippen LogP contribution in [0.5, 0.6) is 0 Å². The van der Waals surface area contributed by atoms with Gasteiger partial charge in [-0.05, 0) is 25.0 Å². The van der Waals surface area contributed by atoms with Gasteiger partial charge in [0.1, 0.15) is 0 Å². The van der Waals surface area contributed by atoms with Gasteiger partial charge in [-0.3, -0.25) is 0 Å². The fourth-order valence-electron chi connectivity index (χ4n) is 3.50. The van der Waals surface area contributed by atoms with E-state index in [0.29, 0.717) is 5.52 Å². The van der Waals surface area contributed by atoms with Gasteiger partial charge in [-0.25, -0.2) is 9.80 Å². The van der Waals surface area contributed by atoms with Crippen LogP contribution in [0.4, 0.5) is 0 Å². The lowest BCUT2D eigenvalue weighted by Crippen LogP contribution is -2.49. The summed E-state index contributed by atoms with van der Waals surface area (Å²) < 4.78 is 7.37. The number of likely N-dealkylation sites (tertiary alicyclic amines) is 1. The maximum absolute atomic E-state index is 12.1. The zero-order valence-electron chi connectivity index (χ0n) is 12.6. The van der Waals surface area contributed by atoms with E-state index in [1.165, 1.54) is 12.8 Å². The standard InChI is InChI=1S/C15H21N5O2/c21-20-14-6-2-1-5-13(14)19(16-20)15(17-7-3-4-8-17)18-9-11-22-12-10-18/h1-2,5-6,15H,3-4,7-12H2.